The highest BCUT2D eigenvalue weighted by molar-refractivity contribution is 5.77. The summed E-state index contributed by atoms with van der Waals surface area (Å²) in [6.07, 6.45) is 7.38. The largest absolute Gasteiger partial charge is 0.479 e. The van der Waals surface area contributed by atoms with Gasteiger partial charge in [-0.15, -0.1) is 0 Å². The van der Waals surface area contributed by atoms with E-state index in [0.717, 1.165) is 24.8 Å². The number of carbonyl (C=O) groups is 1. The molecule has 1 atom stereocenters. The average Bonchev–Trinajstić information content (AvgIpc) is 2.40. The van der Waals surface area contributed by atoms with Crippen molar-refractivity contribution in [3.8, 4) is 0 Å². The molecule has 21 heavy (non-hydrogen) atoms. The fourth-order valence-corrected chi connectivity index (χ4v) is 2.53. The second kappa shape index (κ2) is 7.12. The lowest BCUT2D eigenvalue weighted by Gasteiger charge is -2.29. The van der Waals surface area contributed by atoms with Crippen LogP contribution in [0.3, 0.4) is 0 Å². The molecule has 0 radical (unpaired) electrons. The lowest BCUT2D eigenvalue weighted by molar-refractivity contribution is -0.330. The third kappa shape index (κ3) is 4.60. The Morgan fingerprint density at radius 2 is 2.10 bits per heavy atom. The van der Waals surface area contributed by atoms with Gasteiger partial charge in [0.25, 0.3) is 0 Å². The number of hydrogen-bond donors (Lipinski definition) is 1. The van der Waals surface area contributed by atoms with Gasteiger partial charge < -0.3 is 9.99 Å². The standard InChI is InChI=1S/C17H28O4/c1-6-8-10-17(7-2,15(18)19)21-20-14-9-11-16(4,5)12-13(14)3/h9,11H,6-8,10,12H2,1-5H3,(H,18,19). The molecule has 1 aliphatic rings. The molecule has 0 aromatic rings. The Bertz CT molecular complexity index is 434. The van der Waals surface area contributed by atoms with Crippen molar-refractivity contribution in [3.05, 3.63) is 23.5 Å². The Hall–Kier alpha value is -1.29. The first-order valence-electron chi connectivity index (χ1n) is 7.74. The molecule has 0 aromatic carbocycles. The van der Waals surface area contributed by atoms with Crippen molar-refractivity contribution in [1.29, 1.82) is 0 Å². The smallest absolute Gasteiger partial charge is 0.340 e. The van der Waals surface area contributed by atoms with Crippen LogP contribution in [0.5, 0.6) is 0 Å². The molecule has 0 saturated carbocycles. The fourth-order valence-electron chi connectivity index (χ4n) is 2.53. The summed E-state index contributed by atoms with van der Waals surface area (Å²) < 4.78 is 0. The highest BCUT2D eigenvalue weighted by atomic mass is 17.2. The molecule has 1 rings (SSSR count). The molecule has 0 aromatic heterocycles. The van der Waals surface area contributed by atoms with E-state index in [1.807, 2.05) is 26.8 Å². The SMILES string of the molecule is CCCCC(CC)(OOC1=C(C)CC(C)(C)C=C1)C(=O)O. The van der Waals surface area contributed by atoms with E-state index < -0.39 is 11.6 Å². The first-order valence-corrected chi connectivity index (χ1v) is 7.74. The van der Waals surface area contributed by atoms with Crippen molar-refractivity contribution in [1.82, 2.24) is 0 Å². The molecule has 4 nitrogen and oxygen atoms in total. The fraction of sp³-hybridized carbons (Fsp3) is 0.706. The molecule has 1 N–H and O–H groups in total. The Labute approximate surface area is 127 Å². The number of allylic oxidation sites excluding steroid dienone is 3. The van der Waals surface area contributed by atoms with Gasteiger partial charge in [-0.2, -0.15) is 4.89 Å². The molecular weight excluding hydrogens is 268 g/mol. The summed E-state index contributed by atoms with van der Waals surface area (Å²) in [4.78, 5) is 22.4. The lowest BCUT2D eigenvalue weighted by Crippen LogP contribution is -2.41. The maximum absolute atomic E-state index is 11.6. The van der Waals surface area contributed by atoms with E-state index in [9.17, 15) is 9.90 Å². The van der Waals surface area contributed by atoms with Gasteiger partial charge in [-0.1, -0.05) is 46.6 Å². The molecule has 0 fully saturated rings. The summed E-state index contributed by atoms with van der Waals surface area (Å²) in [6.45, 7) is 10.1. The lowest BCUT2D eigenvalue weighted by atomic mass is 9.82. The Morgan fingerprint density at radius 3 is 2.57 bits per heavy atom. The molecular formula is C17H28O4. The van der Waals surface area contributed by atoms with Crippen molar-refractivity contribution in [2.45, 2.75) is 72.3 Å². The second-order valence-corrected chi connectivity index (χ2v) is 6.57. The predicted octanol–water partition coefficient (Wildman–Crippen LogP) is 4.62. The van der Waals surface area contributed by atoms with E-state index in [-0.39, 0.29) is 5.41 Å². The van der Waals surface area contributed by atoms with Gasteiger partial charge in [0.15, 0.2) is 5.76 Å². The van der Waals surface area contributed by atoms with Gasteiger partial charge in [0.1, 0.15) is 0 Å². The molecule has 120 valence electrons. The third-order valence-corrected chi connectivity index (χ3v) is 4.01. The molecule has 1 aliphatic carbocycles. The minimum Gasteiger partial charge on any atom is -0.479 e. The van der Waals surface area contributed by atoms with E-state index in [1.165, 1.54) is 0 Å². The molecule has 0 bridgehead atoms. The summed E-state index contributed by atoms with van der Waals surface area (Å²) >= 11 is 0. The highest BCUT2D eigenvalue weighted by Gasteiger charge is 2.40. The van der Waals surface area contributed by atoms with Gasteiger partial charge in [0.2, 0.25) is 5.60 Å². The Morgan fingerprint density at radius 1 is 1.43 bits per heavy atom. The van der Waals surface area contributed by atoms with Crippen LogP contribution in [0.4, 0.5) is 0 Å². The quantitative estimate of drug-likeness (QED) is 0.524. The van der Waals surface area contributed by atoms with E-state index in [0.29, 0.717) is 18.6 Å². The topological polar surface area (TPSA) is 55.8 Å². The first-order chi connectivity index (χ1) is 9.76. The summed E-state index contributed by atoms with van der Waals surface area (Å²) in [5.41, 5.74) is -0.0777. The van der Waals surface area contributed by atoms with E-state index in [2.05, 4.69) is 19.9 Å². The van der Waals surface area contributed by atoms with Crippen LogP contribution in [-0.4, -0.2) is 16.7 Å². The number of aliphatic carboxylic acids is 1. The van der Waals surface area contributed by atoms with Gasteiger partial charge in [-0.25, -0.2) is 4.79 Å². The zero-order chi connectivity index (χ0) is 16.1. The van der Waals surface area contributed by atoms with Gasteiger partial charge in [0.05, 0.1) is 0 Å². The number of hydrogen-bond acceptors (Lipinski definition) is 3. The van der Waals surface area contributed by atoms with Crippen LogP contribution in [0.2, 0.25) is 0 Å². The van der Waals surface area contributed by atoms with Crippen LogP contribution >= 0.6 is 0 Å². The molecule has 1 unspecified atom stereocenters. The Balaban J connectivity index is 2.78. The van der Waals surface area contributed by atoms with Crippen molar-refractivity contribution in [2.24, 2.45) is 5.41 Å². The van der Waals surface area contributed by atoms with Crippen LogP contribution in [0.1, 0.15) is 66.7 Å². The molecule has 0 amide bonds. The van der Waals surface area contributed by atoms with Crippen LogP contribution in [0.15, 0.2) is 23.5 Å². The van der Waals surface area contributed by atoms with E-state index >= 15 is 0 Å². The molecule has 0 saturated heterocycles. The minimum atomic E-state index is -1.26. The number of unbranched alkanes of at least 4 members (excludes halogenated alkanes) is 1. The van der Waals surface area contributed by atoms with Crippen LogP contribution in [-0.2, 0) is 14.6 Å². The van der Waals surface area contributed by atoms with Gasteiger partial charge in [-0.3, -0.25) is 0 Å². The van der Waals surface area contributed by atoms with E-state index in [1.54, 1.807) is 0 Å². The number of carboxylic acids is 1. The van der Waals surface area contributed by atoms with Crippen molar-refractivity contribution in [3.63, 3.8) is 0 Å². The van der Waals surface area contributed by atoms with Crippen molar-refractivity contribution >= 4 is 5.97 Å². The first kappa shape index (κ1) is 17.8. The summed E-state index contributed by atoms with van der Waals surface area (Å²) in [6, 6.07) is 0. The van der Waals surface area contributed by atoms with E-state index in [4.69, 9.17) is 9.78 Å². The minimum absolute atomic E-state index is 0.105. The zero-order valence-corrected chi connectivity index (χ0v) is 13.9. The summed E-state index contributed by atoms with van der Waals surface area (Å²) in [7, 11) is 0. The molecule has 4 heteroatoms. The average molecular weight is 296 g/mol. The molecule has 0 aliphatic heterocycles. The van der Waals surface area contributed by atoms with Crippen LogP contribution < -0.4 is 0 Å². The molecule has 0 spiro atoms. The maximum Gasteiger partial charge on any atom is 0.340 e. The number of rotatable bonds is 8. The van der Waals surface area contributed by atoms with Gasteiger partial charge in [0, 0.05) is 0 Å². The van der Waals surface area contributed by atoms with Crippen LogP contribution in [0.25, 0.3) is 0 Å². The highest BCUT2D eigenvalue weighted by Crippen LogP contribution is 2.34. The van der Waals surface area contributed by atoms with Crippen LogP contribution in [0, 0.1) is 5.41 Å². The summed E-state index contributed by atoms with van der Waals surface area (Å²) in [5, 5.41) is 9.49. The normalized spacial score (nSPS) is 20.2. The van der Waals surface area contributed by atoms with Crippen molar-refractivity contribution < 1.29 is 19.7 Å². The predicted molar refractivity (Wildman–Crippen MR) is 82.6 cm³/mol. The third-order valence-electron chi connectivity index (χ3n) is 4.01. The molecule has 0 heterocycles. The number of carboxylic acid groups (broad SMARTS) is 1. The monoisotopic (exact) mass is 296 g/mol. The Kier molecular flexibility index (Phi) is 6.02. The zero-order valence-electron chi connectivity index (χ0n) is 13.9. The maximum atomic E-state index is 11.6. The van der Waals surface area contributed by atoms with Gasteiger partial charge in [-0.05, 0) is 43.3 Å². The summed E-state index contributed by atoms with van der Waals surface area (Å²) in [5.74, 6) is -0.332. The van der Waals surface area contributed by atoms with Crippen molar-refractivity contribution in [2.75, 3.05) is 0 Å². The van der Waals surface area contributed by atoms with Gasteiger partial charge >= 0.3 is 5.97 Å². The second-order valence-electron chi connectivity index (χ2n) is 6.57.